The third-order valence-corrected chi connectivity index (χ3v) is 1.54. The molecule has 1 rings (SSSR count). The average Bonchev–Trinajstić information content (AvgIpc) is 2.04. The predicted molar refractivity (Wildman–Crippen MR) is 44.3 cm³/mol. The second kappa shape index (κ2) is 4.01. The molecule has 0 fully saturated rings. The van der Waals surface area contributed by atoms with E-state index in [2.05, 4.69) is 4.18 Å². The lowest BCUT2D eigenvalue weighted by molar-refractivity contribution is 0.0743. The Morgan fingerprint density at radius 2 is 1.85 bits per heavy atom. The third-order valence-electron chi connectivity index (χ3n) is 1.25. The van der Waals surface area contributed by atoms with Crippen molar-refractivity contribution in [1.82, 2.24) is 0 Å². The first kappa shape index (κ1) is 9.69. The number of rotatable bonds is 2. The molecular weight excluding hydrogens is 196 g/mol. The molecule has 0 saturated carbocycles. The second-order valence-electron chi connectivity index (χ2n) is 2.13. The quantitative estimate of drug-likeness (QED) is 0.689. The van der Waals surface area contributed by atoms with E-state index in [0.717, 1.165) is 0 Å². The molecule has 2 N–H and O–H groups in total. The van der Waals surface area contributed by atoms with Crippen LogP contribution >= 0.6 is 0 Å². The summed E-state index contributed by atoms with van der Waals surface area (Å²) >= 11 is -2.61. The van der Waals surface area contributed by atoms with Gasteiger partial charge in [0.1, 0.15) is 5.75 Å². The van der Waals surface area contributed by atoms with E-state index in [1.807, 2.05) is 0 Å². The zero-order chi connectivity index (χ0) is 9.84. The third kappa shape index (κ3) is 2.85. The van der Waals surface area contributed by atoms with E-state index in [0.29, 0.717) is 0 Å². The normalized spacial score (nSPS) is 12.1. The van der Waals surface area contributed by atoms with Crippen molar-refractivity contribution >= 4 is 17.3 Å². The average molecular weight is 202 g/mol. The van der Waals surface area contributed by atoms with Crippen molar-refractivity contribution in [3.05, 3.63) is 29.8 Å². The van der Waals surface area contributed by atoms with Gasteiger partial charge < -0.3 is 9.29 Å². The molecule has 0 radical (unpaired) electrons. The maximum atomic E-state index is 10.9. The fourth-order valence-corrected chi connectivity index (χ4v) is 0.936. The standard InChI is InChI=1S/C7H6O5S/c8-6-3-1-5(2-4-6)7(9)12-13(10)11/h1-4,8H,(H,10,11). The van der Waals surface area contributed by atoms with E-state index in [4.69, 9.17) is 9.66 Å². The monoisotopic (exact) mass is 202 g/mol. The van der Waals surface area contributed by atoms with Gasteiger partial charge in [0.25, 0.3) is 0 Å². The Hall–Kier alpha value is -1.40. The minimum absolute atomic E-state index is 0.00155. The summed E-state index contributed by atoms with van der Waals surface area (Å²) in [6.45, 7) is 0. The highest BCUT2D eigenvalue weighted by Crippen LogP contribution is 2.10. The minimum Gasteiger partial charge on any atom is -0.508 e. The Morgan fingerprint density at radius 1 is 1.31 bits per heavy atom. The fourth-order valence-electron chi connectivity index (χ4n) is 0.710. The SMILES string of the molecule is O=C(OS(=O)O)c1ccc(O)cc1. The number of carbonyl (C=O) groups is 1. The van der Waals surface area contributed by atoms with Crippen LogP contribution in [0.2, 0.25) is 0 Å². The molecule has 0 aliphatic carbocycles. The van der Waals surface area contributed by atoms with Crippen molar-refractivity contribution in [2.24, 2.45) is 0 Å². The van der Waals surface area contributed by atoms with Gasteiger partial charge in [-0.25, -0.2) is 4.79 Å². The van der Waals surface area contributed by atoms with Crippen LogP contribution in [-0.2, 0) is 15.5 Å². The van der Waals surface area contributed by atoms with Crippen molar-refractivity contribution in [3.63, 3.8) is 0 Å². The molecule has 1 aromatic rings. The largest absolute Gasteiger partial charge is 0.508 e. The van der Waals surface area contributed by atoms with Crippen LogP contribution in [0.25, 0.3) is 0 Å². The van der Waals surface area contributed by atoms with Gasteiger partial charge in [0.05, 0.1) is 5.56 Å². The highest BCUT2D eigenvalue weighted by Gasteiger charge is 2.09. The zero-order valence-corrected chi connectivity index (χ0v) is 7.15. The van der Waals surface area contributed by atoms with Gasteiger partial charge in [-0.15, -0.1) is 0 Å². The lowest BCUT2D eigenvalue weighted by atomic mass is 10.2. The maximum absolute atomic E-state index is 10.9. The van der Waals surface area contributed by atoms with E-state index >= 15 is 0 Å². The molecule has 0 saturated heterocycles. The number of aromatic hydroxyl groups is 1. The van der Waals surface area contributed by atoms with Gasteiger partial charge in [-0.3, -0.25) is 4.55 Å². The first-order valence-corrected chi connectivity index (χ1v) is 4.25. The predicted octanol–water partition coefficient (Wildman–Crippen LogP) is 0.686. The number of hydrogen-bond donors (Lipinski definition) is 2. The molecule has 1 unspecified atom stereocenters. The Balaban J connectivity index is 2.78. The summed E-state index contributed by atoms with van der Waals surface area (Å²) in [7, 11) is 0. The van der Waals surface area contributed by atoms with Crippen LogP contribution in [0.4, 0.5) is 0 Å². The lowest BCUT2D eigenvalue weighted by Gasteiger charge is -1.98. The Kier molecular flexibility index (Phi) is 2.99. The van der Waals surface area contributed by atoms with Crippen molar-refractivity contribution in [2.45, 2.75) is 0 Å². The number of hydrogen-bond acceptors (Lipinski definition) is 4. The van der Waals surface area contributed by atoms with E-state index in [9.17, 15) is 9.00 Å². The van der Waals surface area contributed by atoms with E-state index < -0.39 is 17.3 Å². The van der Waals surface area contributed by atoms with E-state index in [1.54, 1.807) is 0 Å². The van der Waals surface area contributed by atoms with Crippen LogP contribution in [0, 0.1) is 0 Å². The fraction of sp³-hybridized carbons (Fsp3) is 0. The zero-order valence-electron chi connectivity index (χ0n) is 6.34. The van der Waals surface area contributed by atoms with Crippen LogP contribution in [-0.4, -0.2) is 19.8 Å². The maximum Gasteiger partial charge on any atom is 0.360 e. The summed E-state index contributed by atoms with van der Waals surface area (Å²) in [5.74, 6) is -0.914. The van der Waals surface area contributed by atoms with Gasteiger partial charge in [0, 0.05) is 0 Å². The minimum atomic E-state index is -2.61. The summed E-state index contributed by atoms with van der Waals surface area (Å²) in [4.78, 5) is 10.9. The summed E-state index contributed by atoms with van der Waals surface area (Å²) in [6.07, 6.45) is 0. The Bertz CT molecular complexity index is 331. The smallest absolute Gasteiger partial charge is 0.360 e. The molecule has 0 heterocycles. The molecule has 70 valence electrons. The summed E-state index contributed by atoms with van der Waals surface area (Å²) in [5.41, 5.74) is 0.0974. The first-order chi connectivity index (χ1) is 6.09. The first-order valence-electron chi connectivity index (χ1n) is 3.22. The highest BCUT2D eigenvalue weighted by molar-refractivity contribution is 7.74. The molecule has 0 aromatic heterocycles. The number of benzene rings is 1. The molecule has 6 heteroatoms. The number of phenolic OH excluding ortho intramolecular Hbond substituents is 1. The van der Waals surface area contributed by atoms with Gasteiger partial charge >= 0.3 is 17.3 Å². The van der Waals surface area contributed by atoms with Crippen LogP contribution in [0.3, 0.4) is 0 Å². The van der Waals surface area contributed by atoms with Gasteiger partial charge in [-0.1, -0.05) is 0 Å². The molecule has 0 bridgehead atoms. The van der Waals surface area contributed by atoms with Crippen LogP contribution in [0.1, 0.15) is 10.4 Å². The van der Waals surface area contributed by atoms with E-state index in [1.165, 1.54) is 24.3 Å². The molecular formula is C7H6O5S. The summed E-state index contributed by atoms with van der Waals surface area (Å²) < 4.78 is 22.3. The molecule has 0 spiro atoms. The van der Waals surface area contributed by atoms with Crippen LogP contribution in [0.5, 0.6) is 5.75 Å². The van der Waals surface area contributed by atoms with Crippen molar-refractivity contribution in [3.8, 4) is 5.75 Å². The van der Waals surface area contributed by atoms with E-state index in [-0.39, 0.29) is 11.3 Å². The number of carbonyl (C=O) groups excluding carboxylic acids is 1. The highest BCUT2D eigenvalue weighted by atomic mass is 32.2. The topological polar surface area (TPSA) is 83.8 Å². The molecule has 1 aromatic carbocycles. The Labute approximate surface area is 76.5 Å². The van der Waals surface area contributed by atoms with Gasteiger partial charge in [-0.2, -0.15) is 4.21 Å². The molecule has 1 atom stereocenters. The van der Waals surface area contributed by atoms with Gasteiger partial charge in [0.2, 0.25) is 0 Å². The summed E-state index contributed by atoms with van der Waals surface area (Å²) in [6, 6.07) is 5.11. The Morgan fingerprint density at radius 3 is 2.31 bits per heavy atom. The lowest BCUT2D eigenvalue weighted by Crippen LogP contribution is -2.06. The molecule has 0 amide bonds. The van der Waals surface area contributed by atoms with Crippen LogP contribution in [0.15, 0.2) is 24.3 Å². The van der Waals surface area contributed by atoms with Crippen molar-refractivity contribution in [1.29, 1.82) is 0 Å². The van der Waals surface area contributed by atoms with Crippen LogP contribution < -0.4 is 0 Å². The number of phenols is 1. The van der Waals surface area contributed by atoms with Crippen molar-refractivity contribution in [2.75, 3.05) is 0 Å². The second-order valence-corrected chi connectivity index (χ2v) is 2.74. The van der Waals surface area contributed by atoms with Crippen molar-refractivity contribution < 1.29 is 22.8 Å². The molecule has 0 aliphatic heterocycles. The van der Waals surface area contributed by atoms with Gasteiger partial charge in [0.15, 0.2) is 0 Å². The van der Waals surface area contributed by atoms with Gasteiger partial charge in [-0.05, 0) is 24.3 Å². The molecule has 13 heavy (non-hydrogen) atoms. The molecule has 5 nitrogen and oxygen atoms in total. The molecule has 0 aliphatic rings. The summed E-state index contributed by atoms with van der Waals surface area (Å²) in [5, 5.41) is 8.86.